The average Bonchev–Trinajstić information content (AvgIpc) is 2.83. The zero-order valence-electron chi connectivity index (χ0n) is 17.1. The Bertz CT molecular complexity index is 1090. The van der Waals surface area contributed by atoms with E-state index >= 15 is 0 Å². The third kappa shape index (κ3) is 4.88. The van der Waals surface area contributed by atoms with Crippen molar-refractivity contribution in [2.75, 3.05) is 36.8 Å². The fourth-order valence-electron chi connectivity index (χ4n) is 3.57. The number of anilines is 1. The highest BCUT2D eigenvalue weighted by Gasteiger charge is 2.22. The molecule has 3 aromatic rings. The van der Waals surface area contributed by atoms with Crippen LogP contribution in [0.15, 0.2) is 78.5 Å². The van der Waals surface area contributed by atoms with Crippen molar-refractivity contribution in [1.29, 1.82) is 0 Å². The Hall–Kier alpha value is -3.32. The van der Waals surface area contributed by atoms with E-state index in [1.165, 1.54) is 11.8 Å². The number of benzene rings is 2. The van der Waals surface area contributed by atoms with E-state index in [1.807, 2.05) is 54.6 Å². The van der Waals surface area contributed by atoms with E-state index in [9.17, 15) is 9.59 Å². The van der Waals surface area contributed by atoms with Gasteiger partial charge >= 0.3 is 6.09 Å². The number of carbonyl (C=O) groups excluding carboxylic acids is 2. The Morgan fingerprint density at radius 1 is 1.03 bits per heavy atom. The second kappa shape index (κ2) is 9.66. The van der Waals surface area contributed by atoms with Crippen molar-refractivity contribution < 1.29 is 14.3 Å². The Balaban J connectivity index is 1.34. The number of hydrogen-bond acceptors (Lipinski definition) is 6. The number of rotatable bonds is 6. The molecule has 0 saturated carbocycles. The predicted molar refractivity (Wildman–Crippen MR) is 124 cm³/mol. The monoisotopic (exact) mass is 433 g/mol. The number of thioether (sulfide) groups is 1. The third-order valence-corrected chi connectivity index (χ3v) is 6.32. The van der Waals surface area contributed by atoms with Crippen LogP contribution >= 0.6 is 11.8 Å². The number of Topliss-reactive ketones (excluding diaryl/α,β-unsaturated/α-hetero) is 1. The van der Waals surface area contributed by atoms with Crippen molar-refractivity contribution in [3.8, 4) is 0 Å². The van der Waals surface area contributed by atoms with Crippen LogP contribution in [0.1, 0.15) is 10.4 Å². The van der Waals surface area contributed by atoms with E-state index in [4.69, 9.17) is 4.74 Å². The first kappa shape index (κ1) is 20.9. The van der Waals surface area contributed by atoms with Gasteiger partial charge in [0.15, 0.2) is 5.78 Å². The van der Waals surface area contributed by atoms with Gasteiger partial charge in [-0.05, 0) is 36.4 Å². The van der Waals surface area contributed by atoms with E-state index in [-0.39, 0.29) is 11.9 Å². The highest BCUT2D eigenvalue weighted by atomic mass is 32.2. The van der Waals surface area contributed by atoms with E-state index in [2.05, 4.69) is 16.5 Å². The van der Waals surface area contributed by atoms with Crippen LogP contribution in [0.3, 0.4) is 0 Å². The van der Waals surface area contributed by atoms with Gasteiger partial charge in [0.05, 0.1) is 17.5 Å². The van der Waals surface area contributed by atoms with Gasteiger partial charge in [0, 0.05) is 53.9 Å². The number of piperazine rings is 1. The van der Waals surface area contributed by atoms with E-state index in [0.29, 0.717) is 37.5 Å². The molecule has 0 N–H and O–H groups in total. The van der Waals surface area contributed by atoms with E-state index < -0.39 is 0 Å². The van der Waals surface area contributed by atoms with Gasteiger partial charge in [0.25, 0.3) is 0 Å². The molecule has 7 heteroatoms. The fourth-order valence-corrected chi connectivity index (χ4v) is 4.51. The molecule has 0 atom stereocenters. The number of pyridine rings is 1. The van der Waals surface area contributed by atoms with Crippen molar-refractivity contribution in [2.24, 2.45) is 0 Å². The van der Waals surface area contributed by atoms with Crippen LogP contribution in [-0.4, -0.2) is 53.7 Å². The summed E-state index contributed by atoms with van der Waals surface area (Å²) in [5.41, 5.74) is 2.67. The average molecular weight is 434 g/mol. The third-order valence-electron chi connectivity index (χ3n) is 5.24. The predicted octanol–water partition coefficient (Wildman–Crippen LogP) is 4.61. The number of para-hydroxylation sites is 1. The molecule has 4 rings (SSSR count). The summed E-state index contributed by atoms with van der Waals surface area (Å²) in [5.74, 6) is 0.465. The molecule has 0 unspecified atom stereocenters. The van der Waals surface area contributed by atoms with Gasteiger partial charge in [-0.25, -0.2) is 4.79 Å². The normalized spacial score (nSPS) is 13.8. The first-order valence-electron chi connectivity index (χ1n) is 10.1. The van der Waals surface area contributed by atoms with Crippen molar-refractivity contribution in [3.05, 3.63) is 79.2 Å². The van der Waals surface area contributed by atoms with Crippen molar-refractivity contribution in [2.45, 2.75) is 4.90 Å². The number of nitrogens with zero attached hydrogens (tertiary/aromatic N) is 3. The van der Waals surface area contributed by atoms with E-state index in [0.717, 1.165) is 27.7 Å². The highest BCUT2D eigenvalue weighted by Crippen LogP contribution is 2.27. The number of ketones is 1. The first-order valence-corrected chi connectivity index (χ1v) is 11.1. The minimum atomic E-state index is -0.366. The molecule has 158 valence electrons. The molecule has 1 aromatic heterocycles. The molecular formula is C24H23N3O3S. The lowest BCUT2D eigenvalue weighted by Crippen LogP contribution is -2.48. The number of carbonyl (C=O) groups is 2. The van der Waals surface area contributed by atoms with Gasteiger partial charge in [0.1, 0.15) is 0 Å². The summed E-state index contributed by atoms with van der Waals surface area (Å²) in [6.07, 6.45) is 2.57. The second-order valence-electron chi connectivity index (χ2n) is 7.11. The molecule has 0 aliphatic carbocycles. The van der Waals surface area contributed by atoms with Gasteiger partial charge in [-0.3, -0.25) is 9.78 Å². The van der Waals surface area contributed by atoms with Crippen LogP contribution in [0.25, 0.3) is 10.9 Å². The van der Waals surface area contributed by atoms with Crippen LogP contribution in [0.5, 0.6) is 0 Å². The maximum absolute atomic E-state index is 12.7. The van der Waals surface area contributed by atoms with Gasteiger partial charge < -0.3 is 14.5 Å². The summed E-state index contributed by atoms with van der Waals surface area (Å²) in [7, 11) is 0. The smallest absolute Gasteiger partial charge is 0.414 e. The lowest BCUT2D eigenvalue weighted by atomic mass is 10.1. The van der Waals surface area contributed by atoms with E-state index in [1.54, 1.807) is 11.1 Å². The molecule has 1 aliphatic rings. The quantitative estimate of drug-likeness (QED) is 0.321. The molecule has 0 bridgehead atoms. The molecule has 1 aliphatic heterocycles. The maximum atomic E-state index is 12.7. The largest absolute Gasteiger partial charge is 0.419 e. The molecule has 1 amide bonds. The fraction of sp³-hybridized carbons (Fsp3) is 0.208. The standard InChI is InChI=1S/C24H23N3O3S/c1-2-30-24(29)27-15-13-26(14-16-27)19-9-7-18(8-10-19)22(28)17-31-23-11-12-25-21-6-4-3-5-20(21)23/h2-12H,1,13-17H2. The minimum Gasteiger partial charge on any atom is -0.419 e. The number of fused-ring (bicyclic) bond motifs is 1. The van der Waals surface area contributed by atoms with Crippen molar-refractivity contribution >= 4 is 40.2 Å². The van der Waals surface area contributed by atoms with Crippen LogP contribution in [-0.2, 0) is 4.74 Å². The second-order valence-corrected chi connectivity index (χ2v) is 8.13. The van der Waals surface area contributed by atoms with Gasteiger partial charge in [-0.2, -0.15) is 0 Å². The number of hydrogen-bond donors (Lipinski definition) is 0. The highest BCUT2D eigenvalue weighted by molar-refractivity contribution is 8.00. The Morgan fingerprint density at radius 2 is 1.77 bits per heavy atom. The maximum Gasteiger partial charge on any atom is 0.414 e. The molecule has 0 radical (unpaired) electrons. The van der Waals surface area contributed by atoms with Crippen molar-refractivity contribution in [1.82, 2.24) is 9.88 Å². The summed E-state index contributed by atoms with van der Waals surface area (Å²) in [6.45, 7) is 6.01. The van der Waals surface area contributed by atoms with Crippen molar-refractivity contribution in [3.63, 3.8) is 0 Å². The first-order chi connectivity index (χ1) is 15.2. The Morgan fingerprint density at radius 3 is 2.52 bits per heavy atom. The summed E-state index contributed by atoms with van der Waals surface area (Å²) in [4.78, 5) is 33.8. The molecule has 2 heterocycles. The zero-order valence-corrected chi connectivity index (χ0v) is 17.9. The molecule has 0 spiro atoms. The minimum absolute atomic E-state index is 0.0921. The summed E-state index contributed by atoms with van der Waals surface area (Å²) in [6, 6.07) is 17.6. The molecule has 1 saturated heterocycles. The van der Waals surface area contributed by atoms with Crippen LogP contribution in [0.4, 0.5) is 10.5 Å². The SMILES string of the molecule is C=COC(=O)N1CCN(c2ccc(C(=O)CSc3ccnc4ccccc34)cc2)CC1. The lowest BCUT2D eigenvalue weighted by molar-refractivity contribution is 0.102. The van der Waals surface area contributed by atoms with Crippen LogP contribution in [0.2, 0.25) is 0 Å². The Labute approximate surface area is 185 Å². The number of amides is 1. The van der Waals surface area contributed by atoms with Gasteiger partial charge in [-0.15, -0.1) is 11.8 Å². The number of ether oxygens (including phenoxy) is 1. The summed E-state index contributed by atoms with van der Waals surface area (Å²) >= 11 is 1.54. The van der Waals surface area contributed by atoms with Crippen LogP contribution in [0, 0.1) is 0 Å². The zero-order chi connectivity index (χ0) is 21.6. The molecule has 1 fully saturated rings. The molecule has 6 nitrogen and oxygen atoms in total. The molecular weight excluding hydrogens is 410 g/mol. The number of aromatic nitrogens is 1. The molecule has 31 heavy (non-hydrogen) atoms. The topological polar surface area (TPSA) is 62.7 Å². The summed E-state index contributed by atoms with van der Waals surface area (Å²) < 4.78 is 4.83. The van der Waals surface area contributed by atoms with Crippen LogP contribution < -0.4 is 4.90 Å². The lowest BCUT2D eigenvalue weighted by Gasteiger charge is -2.35. The van der Waals surface area contributed by atoms with Gasteiger partial charge in [-0.1, -0.05) is 24.8 Å². The summed E-state index contributed by atoms with van der Waals surface area (Å²) in [5, 5.41) is 1.06. The van der Waals surface area contributed by atoms with Gasteiger partial charge in [0.2, 0.25) is 0 Å². The Kier molecular flexibility index (Phi) is 6.52. The molecule has 2 aromatic carbocycles.